The fraction of sp³-hybridized carbons (Fsp3) is 0.263. The fourth-order valence-corrected chi connectivity index (χ4v) is 2.48. The molecule has 0 saturated carbocycles. The van der Waals surface area contributed by atoms with Gasteiger partial charge in [0.25, 0.3) is 5.91 Å². The fourth-order valence-electron chi connectivity index (χ4n) is 2.25. The van der Waals surface area contributed by atoms with Gasteiger partial charge in [0.15, 0.2) is 6.61 Å². The van der Waals surface area contributed by atoms with Crippen molar-refractivity contribution in [2.45, 2.75) is 19.9 Å². The highest BCUT2D eigenvalue weighted by molar-refractivity contribution is 6.32. The Morgan fingerprint density at radius 2 is 1.84 bits per heavy atom. The first-order valence-corrected chi connectivity index (χ1v) is 8.44. The van der Waals surface area contributed by atoms with Crippen LogP contribution in [0.1, 0.15) is 13.8 Å². The minimum Gasteiger partial charge on any atom is -0.482 e. The van der Waals surface area contributed by atoms with Crippen LogP contribution in [-0.4, -0.2) is 31.0 Å². The Labute approximate surface area is 152 Å². The SMILES string of the molecule is CCNC(=O)[C@@H](C)NC(=O)COc1ccc(-c2ccccc2)cc1Cl. The molecule has 6 heteroatoms. The molecule has 2 N–H and O–H groups in total. The zero-order chi connectivity index (χ0) is 18.2. The van der Waals surface area contributed by atoms with Crippen LogP contribution in [0, 0.1) is 0 Å². The van der Waals surface area contributed by atoms with E-state index < -0.39 is 6.04 Å². The van der Waals surface area contributed by atoms with Crippen LogP contribution in [0.15, 0.2) is 48.5 Å². The maximum Gasteiger partial charge on any atom is 0.258 e. The molecular formula is C19H21ClN2O3. The highest BCUT2D eigenvalue weighted by Gasteiger charge is 2.15. The van der Waals surface area contributed by atoms with Crippen molar-refractivity contribution in [1.82, 2.24) is 10.6 Å². The van der Waals surface area contributed by atoms with E-state index in [1.165, 1.54) is 0 Å². The number of ether oxygens (including phenoxy) is 1. The molecule has 0 unspecified atom stereocenters. The predicted molar refractivity (Wildman–Crippen MR) is 98.7 cm³/mol. The predicted octanol–water partition coefficient (Wildman–Crippen LogP) is 3.03. The second-order valence-electron chi connectivity index (χ2n) is 5.48. The molecular weight excluding hydrogens is 340 g/mol. The van der Waals surface area contributed by atoms with E-state index in [4.69, 9.17) is 16.3 Å². The van der Waals surface area contributed by atoms with Crippen LogP contribution in [0.2, 0.25) is 5.02 Å². The molecule has 2 rings (SSSR count). The van der Waals surface area contributed by atoms with E-state index in [1.807, 2.05) is 43.3 Å². The number of benzene rings is 2. The highest BCUT2D eigenvalue weighted by Crippen LogP contribution is 2.30. The van der Waals surface area contributed by atoms with Crippen LogP contribution in [0.4, 0.5) is 0 Å². The van der Waals surface area contributed by atoms with Crippen LogP contribution in [-0.2, 0) is 9.59 Å². The topological polar surface area (TPSA) is 67.4 Å². The van der Waals surface area contributed by atoms with E-state index in [-0.39, 0.29) is 18.4 Å². The van der Waals surface area contributed by atoms with Gasteiger partial charge in [0.1, 0.15) is 11.8 Å². The highest BCUT2D eigenvalue weighted by atomic mass is 35.5. The maximum atomic E-state index is 11.9. The van der Waals surface area contributed by atoms with Crippen LogP contribution < -0.4 is 15.4 Å². The summed E-state index contributed by atoms with van der Waals surface area (Å²) in [4.78, 5) is 23.5. The molecule has 0 radical (unpaired) electrons. The molecule has 0 aromatic heterocycles. The summed E-state index contributed by atoms with van der Waals surface area (Å²) in [5.41, 5.74) is 2.01. The Morgan fingerprint density at radius 3 is 2.48 bits per heavy atom. The first-order valence-electron chi connectivity index (χ1n) is 8.06. The molecule has 0 aliphatic rings. The summed E-state index contributed by atoms with van der Waals surface area (Å²) in [7, 11) is 0. The molecule has 0 aliphatic carbocycles. The van der Waals surface area contributed by atoms with Gasteiger partial charge in [0.2, 0.25) is 5.91 Å². The van der Waals surface area contributed by atoms with Gasteiger partial charge in [-0.15, -0.1) is 0 Å². The van der Waals surface area contributed by atoms with E-state index in [2.05, 4.69) is 10.6 Å². The average Bonchev–Trinajstić information content (AvgIpc) is 2.61. The van der Waals surface area contributed by atoms with Gasteiger partial charge in [0, 0.05) is 6.54 Å². The van der Waals surface area contributed by atoms with Crippen molar-refractivity contribution >= 4 is 23.4 Å². The zero-order valence-corrected chi connectivity index (χ0v) is 15.0. The third-order valence-corrected chi connectivity index (χ3v) is 3.81. The number of rotatable bonds is 7. The minimum absolute atomic E-state index is 0.214. The Kier molecular flexibility index (Phi) is 6.83. The molecule has 132 valence electrons. The third kappa shape index (κ3) is 5.50. The third-order valence-electron chi connectivity index (χ3n) is 3.52. The van der Waals surface area contributed by atoms with Crippen molar-refractivity contribution < 1.29 is 14.3 Å². The summed E-state index contributed by atoms with van der Waals surface area (Å²) in [6.07, 6.45) is 0. The van der Waals surface area contributed by atoms with E-state index >= 15 is 0 Å². The molecule has 0 fully saturated rings. The van der Waals surface area contributed by atoms with Gasteiger partial charge in [-0.05, 0) is 37.1 Å². The minimum atomic E-state index is -0.619. The lowest BCUT2D eigenvalue weighted by atomic mass is 10.1. The van der Waals surface area contributed by atoms with Gasteiger partial charge in [-0.1, -0.05) is 48.0 Å². The van der Waals surface area contributed by atoms with Gasteiger partial charge in [0.05, 0.1) is 5.02 Å². The van der Waals surface area contributed by atoms with Crippen LogP contribution in [0.5, 0.6) is 5.75 Å². The monoisotopic (exact) mass is 360 g/mol. The lowest BCUT2D eigenvalue weighted by Crippen LogP contribution is -2.46. The summed E-state index contributed by atoms with van der Waals surface area (Å²) in [6.45, 7) is 3.73. The van der Waals surface area contributed by atoms with E-state index in [0.29, 0.717) is 17.3 Å². The van der Waals surface area contributed by atoms with Gasteiger partial charge in [-0.2, -0.15) is 0 Å². The Bertz CT molecular complexity index is 735. The van der Waals surface area contributed by atoms with E-state index in [0.717, 1.165) is 11.1 Å². The summed E-state index contributed by atoms with van der Waals surface area (Å²) >= 11 is 6.24. The molecule has 0 spiro atoms. The molecule has 0 heterocycles. The van der Waals surface area contributed by atoms with Crippen LogP contribution in [0.25, 0.3) is 11.1 Å². The normalized spacial score (nSPS) is 11.5. The molecule has 2 aromatic rings. The first kappa shape index (κ1) is 18.8. The molecule has 0 aliphatic heterocycles. The summed E-state index contributed by atoms with van der Waals surface area (Å²) in [6, 6.07) is 14.6. The smallest absolute Gasteiger partial charge is 0.258 e. The molecule has 2 amide bonds. The van der Waals surface area contributed by atoms with Crippen LogP contribution in [0.3, 0.4) is 0 Å². The van der Waals surface area contributed by atoms with Gasteiger partial charge < -0.3 is 15.4 Å². The van der Waals surface area contributed by atoms with Crippen molar-refractivity contribution in [2.75, 3.05) is 13.2 Å². The zero-order valence-electron chi connectivity index (χ0n) is 14.2. The maximum absolute atomic E-state index is 11.9. The molecule has 2 aromatic carbocycles. The van der Waals surface area contributed by atoms with E-state index in [1.54, 1.807) is 19.1 Å². The van der Waals surface area contributed by atoms with E-state index in [9.17, 15) is 9.59 Å². The number of hydrogen-bond acceptors (Lipinski definition) is 3. The number of carbonyl (C=O) groups is 2. The molecule has 1 atom stereocenters. The van der Waals surface area contributed by atoms with Crippen molar-refractivity contribution in [1.29, 1.82) is 0 Å². The first-order chi connectivity index (χ1) is 12.0. The number of amides is 2. The van der Waals surface area contributed by atoms with Gasteiger partial charge >= 0.3 is 0 Å². The average molecular weight is 361 g/mol. The molecule has 0 saturated heterocycles. The summed E-state index contributed by atoms with van der Waals surface area (Å²) < 4.78 is 5.45. The molecule has 5 nitrogen and oxygen atoms in total. The van der Waals surface area contributed by atoms with Gasteiger partial charge in [-0.25, -0.2) is 0 Å². The largest absolute Gasteiger partial charge is 0.482 e. The van der Waals surface area contributed by atoms with Crippen molar-refractivity contribution in [2.24, 2.45) is 0 Å². The van der Waals surface area contributed by atoms with Crippen molar-refractivity contribution in [3.05, 3.63) is 53.6 Å². The summed E-state index contributed by atoms with van der Waals surface area (Å²) in [5.74, 6) is -0.204. The second kappa shape index (κ2) is 9.08. The number of halogens is 1. The lowest BCUT2D eigenvalue weighted by molar-refractivity contribution is -0.129. The van der Waals surface area contributed by atoms with Crippen molar-refractivity contribution in [3.63, 3.8) is 0 Å². The molecule has 0 bridgehead atoms. The second-order valence-corrected chi connectivity index (χ2v) is 5.89. The Balaban J connectivity index is 1.93. The number of hydrogen-bond donors (Lipinski definition) is 2. The quantitative estimate of drug-likeness (QED) is 0.797. The van der Waals surface area contributed by atoms with Crippen molar-refractivity contribution in [3.8, 4) is 16.9 Å². The standard InChI is InChI=1S/C19H21ClN2O3/c1-3-21-19(24)13(2)22-18(23)12-25-17-10-9-15(11-16(17)20)14-7-5-4-6-8-14/h4-11,13H,3,12H2,1-2H3,(H,21,24)(H,22,23)/t13-/m1/s1. The Hall–Kier alpha value is -2.53. The van der Waals surface area contributed by atoms with Gasteiger partial charge in [-0.3, -0.25) is 9.59 Å². The Morgan fingerprint density at radius 1 is 1.12 bits per heavy atom. The number of likely N-dealkylation sites (N-methyl/N-ethyl adjacent to an activating group) is 1. The van der Waals surface area contributed by atoms with Crippen LogP contribution >= 0.6 is 11.6 Å². The summed E-state index contributed by atoms with van der Waals surface area (Å²) in [5, 5.41) is 5.63. The lowest BCUT2D eigenvalue weighted by Gasteiger charge is -2.14. The molecule has 25 heavy (non-hydrogen) atoms. The number of carbonyl (C=O) groups excluding carboxylic acids is 2. The number of nitrogens with one attached hydrogen (secondary N) is 2.